The Kier molecular flexibility index (Phi) is 22.8. The Hall–Kier alpha value is -6.15. The fourth-order valence-corrected chi connectivity index (χ4v) is 8.40. The van der Waals surface area contributed by atoms with Crippen LogP contribution in [0.25, 0.3) is 11.1 Å². The van der Waals surface area contributed by atoms with E-state index in [0.29, 0.717) is 17.8 Å². The van der Waals surface area contributed by atoms with Gasteiger partial charge in [0.2, 0.25) is 29.5 Å². The fraction of sp³-hybridized carbons (Fsp3) is 0.547. The lowest BCUT2D eigenvalue weighted by Gasteiger charge is -2.41. The van der Waals surface area contributed by atoms with Gasteiger partial charge in [0, 0.05) is 61.2 Å². The number of amides is 5. The van der Waals surface area contributed by atoms with Gasteiger partial charge >= 0.3 is 11.9 Å². The monoisotopic (exact) mass is 1040 g/mol. The Morgan fingerprint density at radius 1 is 0.781 bits per heavy atom. The Labute approximate surface area is 432 Å². The molecule has 6 N–H and O–H groups in total. The number of hydrogen-bond donors (Lipinski definition) is 5. The van der Waals surface area contributed by atoms with Crippen LogP contribution in [0.4, 0.5) is 8.78 Å². The summed E-state index contributed by atoms with van der Waals surface area (Å²) < 4.78 is 42.9. The van der Waals surface area contributed by atoms with E-state index in [2.05, 4.69) is 21.3 Å². The van der Waals surface area contributed by atoms with E-state index in [0.717, 1.165) is 35.5 Å². The Morgan fingerprint density at radius 3 is 2.01 bits per heavy atom. The van der Waals surface area contributed by atoms with Crippen LogP contribution in [0.1, 0.15) is 126 Å². The minimum Gasteiger partial charge on any atom is -0.460 e. The number of thioether (sulfide) groups is 1. The largest absolute Gasteiger partial charge is 0.460 e. The highest BCUT2D eigenvalue weighted by Crippen LogP contribution is 2.41. The predicted octanol–water partition coefficient (Wildman–Crippen LogP) is 5.90. The first-order valence-electron chi connectivity index (χ1n) is 24.3. The van der Waals surface area contributed by atoms with Crippen LogP contribution in [-0.2, 0) is 54.4 Å². The Bertz CT molecular complexity index is 2410. The van der Waals surface area contributed by atoms with Gasteiger partial charge in [0.05, 0.1) is 24.3 Å². The van der Waals surface area contributed by atoms with Crippen molar-refractivity contribution in [3.8, 4) is 11.1 Å². The maximum atomic E-state index is 15.4. The van der Waals surface area contributed by atoms with E-state index in [1.54, 1.807) is 58.7 Å². The van der Waals surface area contributed by atoms with E-state index in [9.17, 15) is 42.7 Å². The van der Waals surface area contributed by atoms with E-state index in [4.69, 9.17) is 15.2 Å². The second-order valence-electron chi connectivity index (χ2n) is 21.1. The van der Waals surface area contributed by atoms with Gasteiger partial charge in [-0.25, -0.2) is 13.6 Å². The third kappa shape index (κ3) is 21.1. The van der Waals surface area contributed by atoms with Crippen LogP contribution in [0.3, 0.4) is 0 Å². The highest BCUT2D eigenvalue weighted by Gasteiger charge is 2.38. The van der Waals surface area contributed by atoms with Gasteiger partial charge in [0.15, 0.2) is 0 Å². The lowest BCUT2D eigenvalue weighted by Crippen LogP contribution is -2.55. The lowest BCUT2D eigenvalue weighted by molar-refractivity contribution is -0.165. The van der Waals surface area contributed by atoms with Gasteiger partial charge in [0.1, 0.15) is 46.7 Å². The van der Waals surface area contributed by atoms with Crippen LogP contribution < -0.4 is 27.0 Å². The number of esters is 2. The van der Waals surface area contributed by atoms with Gasteiger partial charge < -0.3 is 45.9 Å². The van der Waals surface area contributed by atoms with Crippen molar-refractivity contribution < 1.29 is 56.6 Å². The van der Waals surface area contributed by atoms with Crippen molar-refractivity contribution in [2.24, 2.45) is 11.1 Å². The smallest absolute Gasteiger partial charge is 0.329 e. The van der Waals surface area contributed by atoms with Crippen molar-refractivity contribution in [3.63, 3.8) is 0 Å². The summed E-state index contributed by atoms with van der Waals surface area (Å²) in [4.78, 5) is 106. The summed E-state index contributed by atoms with van der Waals surface area (Å²) in [6.45, 7) is 20.3. The summed E-state index contributed by atoms with van der Waals surface area (Å²) in [5, 5.41) is 10.3. The van der Waals surface area contributed by atoms with Crippen LogP contribution in [0, 0.1) is 17.0 Å². The summed E-state index contributed by atoms with van der Waals surface area (Å²) >= 11 is 1.15. The highest BCUT2D eigenvalue weighted by molar-refractivity contribution is 7.99. The number of ether oxygens (including phenoxy) is 2. The summed E-state index contributed by atoms with van der Waals surface area (Å²) in [6.07, 6.45) is 0.946. The molecule has 3 rings (SSSR count). The van der Waals surface area contributed by atoms with Crippen molar-refractivity contribution in [2.75, 3.05) is 24.6 Å². The summed E-state index contributed by atoms with van der Waals surface area (Å²) in [7, 11) is 0. The van der Waals surface area contributed by atoms with Crippen LogP contribution >= 0.6 is 11.8 Å². The van der Waals surface area contributed by atoms with Crippen LogP contribution in [0.5, 0.6) is 0 Å². The number of nitrogens with one attached hydrogen (secondary N) is 4. The van der Waals surface area contributed by atoms with Crippen LogP contribution in [0.15, 0.2) is 60.8 Å². The highest BCUT2D eigenvalue weighted by atomic mass is 32.2. The average Bonchev–Trinajstić information content (AvgIpc) is 3.66. The molecule has 0 saturated heterocycles. The predicted molar refractivity (Wildman–Crippen MR) is 276 cm³/mol. The van der Waals surface area contributed by atoms with Gasteiger partial charge in [0.25, 0.3) is 0 Å². The normalized spacial score (nSPS) is 13.8. The number of benzene rings is 2. The number of carbonyl (C=O) groups excluding carboxylic acids is 8. The molecule has 0 fully saturated rings. The number of rotatable bonds is 25. The molecule has 73 heavy (non-hydrogen) atoms. The minimum atomic E-state index is -1.33. The zero-order chi connectivity index (χ0) is 55.0. The molecule has 402 valence electrons. The maximum Gasteiger partial charge on any atom is 0.329 e. The first-order chi connectivity index (χ1) is 33.8. The maximum absolute atomic E-state index is 15.4. The van der Waals surface area contributed by atoms with Crippen LogP contribution in [0.2, 0.25) is 0 Å². The van der Waals surface area contributed by atoms with Crippen LogP contribution in [-0.4, -0.2) is 117 Å². The van der Waals surface area contributed by atoms with Gasteiger partial charge in [-0.2, -0.15) is 11.8 Å². The standard InChI is InChI=1S/C53H75F2N7O10S/c1-32(63)25-40(60-48(68)34(3)58-47(67)33(2)56)49(69)57-22-16-23-62(44(65)31-73-24-21-43(64)59-41(50(70)72-53(10,11)12)28-45(66)71-52(7,8)9)46(51(4,5)6)42-26-36(38-27-37(54)19-20-39(38)55)30-61(42)29-35-17-14-13-15-18-35/h13-15,17-20,26-27,30,33-34,40-41,46H,16,21-25,28-29,31,56H2,1-12H3,(H,57,69)(H,58,67)(H,59,64)(H,60,68)/t33-,34+,40-,41+,46-/m0/s1. The average molecular weight is 1040 g/mol. The number of nitrogens with zero attached hydrogens (tertiary/aromatic N) is 2. The van der Waals surface area contributed by atoms with E-state index in [1.807, 2.05) is 55.7 Å². The SMILES string of the molecule is CC(=O)C[C@H](NC(=O)[C@@H](C)NC(=O)[C@H](C)N)C(=O)NCCCN(C(=O)CSCCC(=O)N[C@H](CC(=O)OC(C)(C)C)C(=O)OC(C)(C)C)[C@@H](c1cc(-c2cc(F)ccc2F)cn1Cc1ccccc1)C(C)(C)C. The van der Waals surface area contributed by atoms with Gasteiger partial charge in [-0.15, -0.1) is 0 Å². The third-order valence-electron chi connectivity index (χ3n) is 10.8. The lowest BCUT2D eigenvalue weighted by atomic mass is 9.83. The molecular formula is C53H75F2N7O10S. The van der Waals surface area contributed by atoms with Crippen molar-refractivity contribution in [1.29, 1.82) is 0 Å². The van der Waals surface area contributed by atoms with E-state index < -0.39 is 100 Å². The molecule has 0 aliphatic rings. The molecule has 5 amide bonds. The molecule has 20 heteroatoms. The Morgan fingerprint density at radius 2 is 1.42 bits per heavy atom. The molecule has 0 unspecified atom stereocenters. The molecule has 0 aliphatic heterocycles. The first kappa shape index (κ1) is 61.2. The number of ketones is 1. The first-order valence-corrected chi connectivity index (χ1v) is 25.4. The molecule has 1 aromatic heterocycles. The number of nitrogens with two attached hydrogens (primary N) is 1. The van der Waals surface area contributed by atoms with Crippen molar-refractivity contribution in [2.45, 2.75) is 157 Å². The zero-order valence-corrected chi connectivity index (χ0v) is 45.1. The number of Topliss-reactive ketones (excluding diaryl/α,β-unsaturated/α-hetero) is 1. The molecule has 17 nitrogen and oxygen atoms in total. The van der Waals surface area contributed by atoms with E-state index in [-0.39, 0.29) is 61.1 Å². The number of hydrogen-bond acceptors (Lipinski definition) is 12. The molecule has 0 spiro atoms. The van der Waals surface area contributed by atoms with Gasteiger partial charge in [-0.3, -0.25) is 33.6 Å². The van der Waals surface area contributed by atoms with Crippen molar-refractivity contribution in [1.82, 2.24) is 30.7 Å². The molecule has 0 aliphatic carbocycles. The van der Waals surface area contributed by atoms with Gasteiger partial charge in [-0.05, 0) is 104 Å². The molecular weight excluding hydrogens is 965 g/mol. The van der Waals surface area contributed by atoms with E-state index >= 15 is 4.39 Å². The second-order valence-corrected chi connectivity index (χ2v) is 22.2. The Balaban J connectivity index is 1.96. The second kappa shape index (κ2) is 27.2. The number of halogens is 2. The molecule has 0 radical (unpaired) electrons. The minimum absolute atomic E-state index is 0.0130. The third-order valence-corrected chi connectivity index (χ3v) is 11.7. The fourth-order valence-electron chi connectivity index (χ4n) is 7.59. The number of aromatic nitrogens is 1. The van der Waals surface area contributed by atoms with E-state index in [1.165, 1.54) is 20.8 Å². The molecule has 0 bridgehead atoms. The molecule has 3 aromatic rings. The number of carbonyl (C=O) groups is 8. The quantitative estimate of drug-likeness (QED) is 0.0493. The summed E-state index contributed by atoms with van der Waals surface area (Å²) in [5.74, 6) is -6.10. The molecule has 1 heterocycles. The van der Waals surface area contributed by atoms with Gasteiger partial charge in [-0.1, -0.05) is 51.1 Å². The molecule has 2 aromatic carbocycles. The molecule has 5 atom stereocenters. The molecule has 0 saturated carbocycles. The topological polar surface area (TPSA) is 237 Å². The summed E-state index contributed by atoms with van der Waals surface area (Å²) in [5.41, 5.74) is 5.04. The van der Waals surface area contributed by atoms with Crippen molar-refractivity contribution >= 4 is 59.0 Å². The van der Waals surface area contributed by atoms with Crippen molar-refractivity contribution in [3.05, 3.63) is 83.7 Å². The zero-order valence-electron chi connectivity index (χ0n) is 44.2. The summed E-state index contributed by atoms with van der Waals surface area (Å²) in [6, 6.07) is 9.08.